The van der Waals surface area contributed by atoms with Crippen LogP contribution >= 0.6 is 22.9 Å². The van der Waals surface area contributed by atoms with E-state index in [1.807, 2.05) is 13.2 Å². The summed E-state index contributed by atoms with van der Waals surface area (Å²) in [6, 6.07) is 12.9. The number of aromatic nitrogens is 3. The summed E-state index contributed by atoms with van der Waals surface area (Å²) in [6.45, 7) is 0.731. The number of benzene rings is 1. The molecule has 5 nitrogen and oxygen atoms in total. The highest BCUT2D eigenvalue weighted by Gasteiger charge is 2.47. The second-order valence-electron chi connectivity index (χ2n) is 7.41. The van der Waals surface area contributed by atoms with Crippen LogP contribution < -0.4 is 5.32 Å². The summed E-state index contributed by atoms with van der Waals surface area (Å²) in [7, 11) is 1.90. The molecule has 27 heavy (non-hydrogen) atoms. The Hall–Kier alpha value is -1.73. The van der Waals surface area contributed by atoms with Gasteiger partial charge in [-0.3, -0.25) is 4.68 Å². The van der Waals surface area contributed by atoms with Crippen molar-refractivity contribution in [1.82, 2.24) is 20.3 Å². The van der Waals surface area contributed by atoms with E-state index >= 15 is 0 Å². The van der Waals surface area contributed by atoms with Gasteiger partial charge < -0.3 is 10.1 Å². The van der Waals surface area contributed by atoms with Gasteiger partial charge in [-0.15, -0.1) is 16.4 Å². The molecule has 2 aromatic heterocycles. The molecule has 7 heteroatoms. The number of hydrogen-bond donors (Lipinski definition) is 1. The van der Waals surface area contributed by atoms with Gasteiger partial charge in [-0.2, -0.15) is 0 Å². The van der Waals surface area contributed by atoms with Crippen molar-refractivity contribution in [2.24, 2.45) is 7.05 Å². The maximum Gasteiger partial charge on any atom is 0.106 e. The van der Waals surface area contributed by atoms with Crippen LogP contribution in [0.25, 0.3) is 0 Å². The van der Waals surface area contributed by atoms with Crippen LogP contribution in [0.2, 0.25) is 4.34 Å². The van der Waals surface area contributed by atoms with Crippen molar-refractivity contribution in [2.75, 3.05) is 6.61 Å². The lowest BCUT2D eigenvalue weighted by Crippen LogP contribution is -2.47. The Morgan fingerprint density at radius 1 is 1.26 bits per heavy atom. The Kier molecular flexibility index (Phi) is 4.31. The van der Waals surface area contributed by atoms with E-state index in [2.05, 4.69) is 52.0 Å². The molecule has 2 aliphatic rings. The predicted octanol–water partition coefficient (Wildman–Crippen LogP) is 4.16. The number of thiophene rings is 1. The number of nitrogens with one attached hydrogen (secondary N) is 1. The van der Waals surface area contributed by atoms with Gasteiger partial charge in [0.05, 0.1) is 22.7 Å². The summed E-state index contributed by atoms with van der Waals surface area (Å²) in [6.07, 6.45) is 4.64. The van der Waals surface area contributed by atoms with E-state index in [-0.39, 0.29) is 17.7 Å². The first-order valence-corrected chi connectivity index (χ1v) is 10.4. The Balaban J connectivity index is 1.59. The topological polar surface area (TPSA) is 52.0 Å². The summed E-state index contributed by atoms with van der Waals surface area (Å²) in [5.74, 6) is 0. The van der Waals surface area contributed by atoms with Gasteiger partial charge in [0.2, 0.25) is 0 Å². The van der Waals surface area contributed by atoms with Crippen molar-refractivity contribution >= 4 is 22.9 Å². The smallest absolute Gasteiger partial charge is 0.106 e. The lowest BCUT2D eigenvalue weighted by atomic mass is 9.77. The van der Waals surface area contributed by atoms with Crippen molar-refractivity contribution in [3.63, 3.8) is 0 Å². The van der Waals surface area contributed by atoms with Crippen LogP contribution in [0, 0.1) is 0 Å². The average molecular weight is 401 g/mol. The van der Waals surface area contributed by atoms with E-state index in [4.69, 9.17) is 16.3 Å². The molecule has 0 amide bonds. The number of aryl methyl sites for hydroxylation is 1. The molecule has 1 aromatic carbocycles. The Bertz CT molecular complexity index is 956. The number of piperidine rings is 1. The first-order valence-electron chi connectivity index (χ1n) is 9.23. The normalized spacial score (nSPS) is 27.6. The number of halogens is 1. The molecule has 0 radical (unpaired) electrons. The zero-order valence-electron chi connectivity index (χ0n) is 15.1. The first-order chi connectivity index (χ1) is 13.1. The molecule has 1 spiro atoms. The van der Waals surface area contributed by atoms with E-state index < -0.39 is 0 Å². The molecule has 2 aliphatic heterocycles. The van der Waals surface area contributed by atoms with Gasteiger partial charge in [-0.05, 0) is 23.6 Å². The van der Waals surface area contributed by atoms with Gasteiger partial charge in [-0.25, -0.2) is 0 Å². The Morgan fingerprint density at radius 2 is 2.07 bits per heavy atom. The van der Waals surface area contributed by atoms with Crippen LogP contribution in [0.1, 0.15) is 46.6 Å². The molecule has 0 unspecified atom stereocenters. The van der Waals surface area contributed by atoms with Crippen molar-refractivity contribution in [1.29, 1.82) is 0 Å². The summed E-state index contributed by atoms with van der Waals surface area (Å²) >= 11 is 8.05. The second kappa shape index (κ2) is 6.71. The molecule has 3 aromatic rings. The second-order valence-corrected chi connectivity index (χ2v) is 9.09. The molecule has 4 heterocycles. The van der Waals surface area contributed by atoms with E-state index in [1.165, 1.54) is 16.0 Å². The van der Waals surface area contributed by atoms with Gasteiger partial charge in [0.15, 0.2) is 0 Å². The fourth-order valence-corrected chi connectivity index (χ4v) is 5.87. The molecule has 5 rings (SSSR count). The fourth-order valence-electron chi connectivity index (χ4n) is 4.41. The van der Waals surface area contributed by atoms with Gasteiger partial charge in [0.1, 0.15) is 5.60 Å². The maximum atomic E-state index is 6.51. The lowest BCUT2D eigenvalue weighted by molar-refractivity contribution is -0.0979. The standard InChI is InChI=1S/C20H21ClN4OS/c1-25-12-17(23-24-25)16-11-20(10-15(22-16)13-5-3-2-4-6-13)19-14(7-8-26-20)9-18(21)27-19/h2-6,9,12,15-16,22H,7-8,10-11H2,1H3/t15-,16+,20+/m1/s1. The minimum atomic E-state index is -0.334. The van der Waals surface area contributed by atoms with Crippen LogP contribution in [0.15, 0.2) is 42.6 Å². The average Bonchev–Trinajstić information content (AvgIpc) is 3.28. The minimum absolute atomic E-state index is 0.0736. The number of rotatable bonds is 2. The summed E-state index contributed by atoms with van der Waals surface area (Å²) in [5, 5.41) is 12.3. The molecular weight excluding hydrogens is 380 g/mol. The number of fused-ring (bicyclic) bond motifs is 2. The molecule has 3 atom stereocenters. The Morgan fingerprint density at radius 3 is 2.85 bits per heavy atom. The highest BCUT2D eigenvalue weighted by Crippen LogP contribution is 2.52. The zero-order chi connectivity index (χ0) is 18.4. The highest BCUT2D eigenvalue weighted by atomic mass is 35.5. The third-order valence-electron chi connectivity index (χ3n) is 5.59. The molecule has 140 valence electrons. The maximum absolute atomic E-state index is 6.51. The molecule has 0 aliphatic carbocycles. The van der Waals surface area contributed by atoms with Crippen molar-refractivity contribution < 1.29 is 4.74 Å². The van der Waals surface area contributed by atoms with Crippen LogP contribution in [0.4, 0.5) is 0 Å². The monoisotopic (exact) mass is 400 g/mol. The third kappa shape index (κ3) is 3.10. The van der Waals surface area contributed by atoms with Gasteiger partial charge >= 0.3 is 0 Å². The zero-order valence-corrected chi connectivity index (χ0v) is 16.6. The Labute approximate surface area is 167 Å². The van der Waals surface area contributed by atoms with E-state index in [9.17, 15) is 0 Å². The number of hydrogen-bond acceptors (Lipinski definition) is 5. The fraction of sp³-hybridized carbons (Fsp3) is 0.400. The molecule has 0 bridgehead atoms. The van der Waals surface area contributed by atoms with Crippen molar-refractivity contribution in [3.05, 3.63) is 68.6 Å². The van der Waals surface area contributed by atoms with Gasteiger partial charge in [-0.1, -0.05) is 47.1 Å². The summed E-state index contributed by atoms with van der Waals surface area (Å²) < 4.78 is 9.11. The molecule has 1 fully saturated rings. The van der Waals surface area contributed by atoms with E-state index in [1.54, 1.807) is 16.0 Å². The highest BCUT2D eigenvalue weighted by molar-refractivity contribution is 7.16. The predicted molar refractivity (Wildman–Crippen MR) is 106 cm³/mol. The molecular formula is C20H21ClN4OS. The minimum Gasteiger partial charge on any atom is -0.369 e. The largest absolute Gasteiger partial charge is 0.369 e. The van der Waals surface area contributed by atoms with Crippen LogP contribution in [0.3, 0.4) is 0 Å². The van der Waals surface area contributed by atoms with E-state index in [0.717, 1.165) is 35.9 Å². The molecule has 1 N–H and O–H groups in total. The third-order valence-corrected chi connectivity index (χ3v) is 7.08. The van der Waals surface area contributed by atoms with Gasteiger partial charge in [0.25, 0.3) is 0 Å². The summed E-state index contributed by atoms with van der Waals surface area (Å²) in [5.41, 5.74) is 3.22. The SMILES string of the molecule is Cn1cc([C@@H]2C[C@]3(C[C@H](c4ccccc4)N2)OCCc2cc(Cl)sc23)nn1. The molecule has 1 saturated heterocycles. The van der Waals surface area contributed by atoms with Crippen molar-refractivity contribution in [3.8, 4) is 0 Å². The van der Waals surface area contributed by atoms with Crippen LogP contribution in [-0.4, -0.2) is 21.6 Å². The lowest BCUT2D eigenvalue weighted by Gasteiger charge is -2.46. The van der Waals surface area contributed by atoms with Gasteiger partial charge in [0, 0.05) is 37.0 Å². The first kappa shape index (κ1) is 17.4. The van der Waals surface area contributed by atoms with Crippen LogP contribution in [-0.2, 0) is 23.8 Å². The number of ether oxygens (including phenoxy) is 1. The molecule has 0 saturated carbocycles. The van der Waals surface area contributed by atoms with Crippen LogP contribution in [0.5, 0.6) is 0 Å². The van der Waals surface area contributed by atoms with Crippen molar-refractivity contribution in [2.45, 2.75) is 36.9 Å². The number of nitrogens with zero attached hydrogens (tertiary/aromatic N) is 3. The summed E-state index contributed by atoms with van der Waals surface area (Å²) in [4.78, 5) is 1.29. The van der Waals surface area contributed by atoms with E-state index in [0.29, 0.717) is 0 Å². The quantitative estimate of drug-likeness (QED) is 0.701.